The van der Waals surface area contributed by atoms with E-state index in [0.717, 1.165) is 25.3 Å². The molecule has 96 valence electrons. The summed E-state index contributed by atoms with van der Waals surface area (Å²) in [4.78, 5) is 25.3. The van der Waals surface area contributed by atoms with E-state index < -0.39 is 0 Å². The number of thioether (sulfide) groups is 1. The van der Waals surface area contributed by atoms with Crippen LogP contribution in [0.5, 0.6) is 0 Å². The number of nitrogens with zero attached hydrogens (tertiary/aromatic N) is 1. The summed E-state index contributed by atoms with van der Waals surface area (Å²) in [6.45, 7) is 4.44. The Balaban J connectivity index is 1.88. The van der Waals surface area contributed by atoms with Crippen molar-refractivity contribution in [3.8, 4) is 0 Å². The van der Waals surface area contributed by atoms with Crippen LogP contribution in [-0.4, -0.2) is 47.4 Å². The number of hydrogen-bond donors (Lipinski definition) is 1. The SMILES string of the molecule is CCC1CN(C(=O)C2CCC(=O)NC2)CCS1. The van der Waals surface area contributed by atoms with Crippen LogP contribution in [0, 0.1) is 5.92 Å². The zero-order chi connectivity index (χ0) is 12.3. The molecule has 0 aliphatic carbocycles. The average molecular weight is 256 g/mol. The Kier molecular flexibility index (Phi) is 4.31. The molecule has 2 atom stereocenters. The molecule has 2 aliphatic heterocycles. The van der Waals surface area contributed by atoms with Crippen molar-refractivity contribution in [3.05, 3.63) is 0 Å². The zero-order valence-electron chi connectivity index (χ0n) is 10.3. The molecule has 17 heavy (non-hydrogen) atoms. The predicted molar refractivity (Wildman–Crippen MR) is 68.9 cm³/mol. The van der Waals surface area contributed by atoms with Crippen LogP contribution in [-0.2, 0) is 9.59 Å². The maximum absolute atomic E-state index is 12.3. The van der Waals surface area contributed by atoms with Crippen molar-refractivity contribution in [2.45, 2.75) is 31.4 Å². The highest BCUT2D eigenvalue weighted by Crippen LogP contribution is 2.23. The van der Waals surface area contributed by atoms with Crippen molar-refractivity contribution in [2.75, 3.05) is 25.4 Å². The van der Waals surface area contributed by atoms with Crippen molar-refractivity contribution < 1.29 is 9.59 Å². The number of piperidine rings is 1. The summed E-state index contributed by atoms with van der Waals surface area (Å²) in [7, 11) is 0. The summed E-state index contributed by atoms with van der Waals surface area (Å²) in [6, 6.07) is 0. The molecule has 2 unspecified atom stereocenters. The Bertz CT molecular complexity index is 299. The van der Waals surface area contributed by atoms with Gasteiger partial charge in [0.25, 0.3) is 0 Å². The normalized spacial score (nSPS) is 29.9. The zero-order valence-corrected chi connectivity index (χ0v) is 11.1. The lowest BCUT2D eigenvalue weighted by molar-refractivity contribution is -0.137. The van der Waals surface area contributed by atoms with Crippen LogP contribution in [0.1, 0.15) is 26.2 Å². The molecule has 2 amide bonds. The lowest BCUT2D eigenvalue weighted by atomic mass is 9.97. The summed E-state index contributed by atoms with van der Waals surface area (Å²) >= 11 is 1.97. The smallest absolute Gasteiger partial charge is 0.227 e. The van der Waals surface area contributed by atoms with Crippen LogP contribution in [0.25, 0.3) is 0 Å². The quantitative estimate of drug-likeness (QED) is 0.797. The van der Waals surface area contributed by atoms with Crippen LogP contribution >= 0.6 is 11.8 Å². The number of nitrogens with one attached hydrogen (secondary N) is 1. The van der Waals surface area contributed by atoms with E-state index in [9.17, 15) is 9.59 Å². The van der Waals surface area contributed by atoms with Gasteiger partial charge in [0, 0.05) is 37.1 Å². The summed E-state index contributed by atoms with van der Waals surface area (Å²) in [5.74, 6) is 1.37. The summed E-state index contributed by atoms with van der Waals surface area (Å²) in [5.41, 5.74) is 0. The van der Waals surface area contributed by atoms with E-state index in [-0.39, 0.29) is 17.7 Å². The Morgan fingerprint density at radius 2 is 2.41 bits per heavy atom. The van der Waals surface area contributed by atoms with E-state index in [0.29, 0.717) is 24.6 Å². The first-order valence-electron chi connectivity index (χ1n) is 6.37. The Morgan fingerprint density at radius 3 is 3.06 bits per heavy atom. The van der Waals surface area contributed by atoms with E-state index >= 15 is 0 Å². The molecular weight excluding hydrogens is 236 g/mol. The predicted octanol–water partition coefficient (Wildman–Crippen LogP) is 0.867. The minimum absolute atomic E-state index is 0.00769. The van der Waals surface area contributed by atoms with Gasteiger partial charge in [-0.05, 0) is 12.8 Å². The molecule has 1 N–H and O–H groups in total. The molecule has 4 nitrogen and oxygen atoms in total. The van der Waals surface area contributed by atoms with Gasteiger partial charge in [-0.15, -0.1) is 0 Å². The van der Waals surface area contributed by atoms with Gasteiger partial charge >= 0.3 is 0 Å². The third kappa shape index (κ3) is 3.15. The first kappa shape index (κ1) is 12.7. The first-order valence-corrected chi connectivity index (χ1v) is 7.42. The number of carbonyl (C=O) groups is 2. The molecule has 0 radical (unpaired) electrons. The minimum atomic E-state index is 0.00769. The van der Waals surface area contributed by atoms with Crippen molar-refractivity contribution in [1.82, 2.24) is 10.2 Å². The number of amides is 2. The third-order valence-electron chi connectivity index (χ3n) is 3.52. The molecule has 0 spiro atoms. The molecular formula is C12H20N2O2S. The second-order valence-electron chi connectivity index (χ2n) is 4.72. The third-order valence-corrected chi connectivity index (χ3v) is 4.89. The van der Waals surface area contributed by atoms with Gasteiger partial charge in [0.1, 0.15) is 0 Å². The van der Waals surface area contributed by atoms with E-state index in [1.807, 2.05) is 16.7 Å². The summed E-state index contributed by atoms with van der Waals surface area (Å²) < 4.78 is 0. The van der Waals surface area contributed by atoms with Crippen molar-refractivity contribution in [3.63, 3.8) is 0 Å². The van der Waals surface area contributed by atoms with Crippen LogP contribution in [0.2, 0.25) is 0 Å². The number of rotatable bonds is 2. The fourth-order valence-corrected chi connectivity index (χ4v) is 3.55. The van der Waals surface area contributed by atoms with Gasteiger partial charge in [-0.2, -0.15) is 11.8 Å². The molecule has 2 saturated heterocycles. The van der Waals surface area contributed by atoms with Gasteiger partial charge in [0.05, 0.1) is 5.92 Å². The lowest BCUT2D eigenvalue weighted by Crippen LogP contribution is -2.48. The van der Waals surface area contributed by atoms with Crippen molar-refractivity contribution >= 4 is 23.6 Å². The standard InChI is InChI=1S/C12H20N2O2S/c1-2-10-8-14(5-6-17-10)12(16)9-3-4-11(15)13-7-9/h9-10H,2-8H2,1H3,(H,13,15). The summed E-state index contributed by atoms with van der Waals surface area (Å²) in [6.07, 6.45) is 2.33. The second kappa shape index (κ2) is 5.76. The van der Waals surface area contributed by atoms with Crippen molar-refractivity contribution in [2.24, 2.45) is 5.92 Å². The molecule has 0 aromatic carbocycles. The largest absolute Gasteiger partial charge is 0.355 e. The van der Waals surface area contributed by atoms with Gasteiger partial charge in [0.2, 0.25) is 11.8 Å². The van der Waals surface area contributed by atoms with Gasteiger partial charge in [-0.25, -0.2) is 0 Å². The highest BCUT2D eigenvalue weighted by atomic mass is 32.2. The van der Waals surface area contributed by atoms with Crippen LogP contribution in [0.4, 0.5) is 0 Å². The second-order valence-corrected chi connectivity index (χ2v) is 6.13. The van der Waals surface area contributed by atoms with Gasteiger partial charge in [-0.1, -0.05) is 6.92 Å². The average Bonchev–Trinajstić information content (AvgIpc) is 2.39. The van der Waals surface area contributed by atoms with E-state index in [1.54, 1.807) is 0 Å². The topological polar surface area (TPSA) is 49.4 Å². The molecule has 0 bridgehead atoms. The molecule has 0 aromatic rings. The Morgan fingerprint density at radius 1 is 1.59 bits per heavy atom. The Hall–Kier alpha value is -0.710. The lowest BCUT2D eigenvalue weighted by Gasteiger charge is -2.35. The first-order chi connectivity index (χ1) is 8.20. The van der Waals surface area contributed by atoms with Crippen molar-refractivity contribution in [1.29, 1.82) is 0 Å². The maximum atomic E-state index is 12.3. The van der Waals surface area contributed by atoms with Gasteiger partial charge in [-0.3, -0.25) is 9.59 Å². The minimum Gasteiger partial charge on any atom is -0.355 e. The number of carbonyl (C=O) groups excluding carboxylic acids is 2. The Labute approximate surface area is 106 Å². The molecule has 2 fully saturated rings. The summed E-state index contributed by atoms with van der Waals surface area (Å²) in [5, 5.41) is 3.37. The molecule has 0 saturated carbocycles. The van der Waals surface area contributed by atoms with Crippen LogP contribution < -0.4 is 5.32 Å². The van der Waals surface area contributed by atoms with Crippen LogP contribution in [0.15, 0.2) is 0 Å². The highest BCUT2D eigenvalue weighted by Gasteiger charge is 2.30. The maximum Gasteiger partial charge on any atom is 0.227 e. The number of hydrogen-bond acceptors (Lipinski definition) is 3. The molecule has 0 aromatic heterocycles. The fourth-order valence-electron chi connectivity index (χ4n) is 2.37. The monoisotopic (exact) mass is 256 g/mol. The van der Waals surface area contributed by atoms with Gasteiger partial charge in [0.15, 0.2) is 0 Å². The van der Waals surface area contributed by atoms with Gasteiger partial charge < -0.3 is 10.2 Å². The van der Waals surface area contributed by atoms with E-state index in [1.165, 1.54) is 0 Å². The highest BCUT2D eigenvalue weighted by molar-refractivity contribution is 8.00. The molecule has 2 heterocycles. The fraction of sp³-hybridized carbons (Fsp3) is 0.833. The van der Waals surface area contributed by atoms with Crippen LogP contribution in [0.3, 0.4) is 0 Å². The van der Waals surface area contributed by atoms with E-state index in [2.05, 4.69) is 12.2 Å². The molecule has 2 aliphatic rings. The van der Waals surface area contributed by atoms with E-state index in [4.69, 9.17) is 0 Å². The molecule has 5 heteroatoms. The molecule has 2 rings (SSSR count).